The highest BCUT2D eigenvalue weighted by Gasteiger charge is 2.56. The molecule has 1 aliphatic heterocycles. The van der Waals surface area contributed by atoms with Crippen LogP contribution in [-0.2, 0) is 14.3 Å². The molecule has 9 fully saturated rings. The molecule has 8 aliphatic carbocycles. The Balaban J connectivity index is 1.07. The highest BCUT2D eigenvalue weighted by Crippen LogP contribution is 2.61. The average Bonchev–Trinajstić information content (AvgIpc) is 2.91. The van der Waals surface area contributed by atoms with E-state index < -0.39 is 0 Å². The zero-order valence-corrected chi connectivity index (χ0v) is 23.6. The maximum Gasteiger partial charge on any atom is 0.254 e. The van der Waals surface area contributed by atoms with Crippen molar-refractivity contribution in [3.05, 3.63) is 23.8 Å². The van der Waals surface area contributed by atoms with Gasteiger partial charge in [-0.1, -0.05) is 0 Å². The Kier molecular flexibility index (Phi) is 5.89. The van der Waals surface area contributed by atoms with Gasteiger partial charge in [-0.2, -0.15) is 0 Å². The normalized spacial score (nSPS) is 40.8. The van der Waals surface area contributed by atoms with Crippen molar-refractivity contribution in [2.45, 2.75) is 77.0 Å². The van der Waals surface area contributed by atoms with Crippen molar-refractivity contribution in [3.63, 3.8) is 0 Å². The lowest BCUT2D eigenvalue weighted by molar-refractivity contribution is -0.140. The van der Waals surface area contributed by atoms with E-state index in [-0.39, 0.29) is 28.6 Å². The summed E-state index contributed by atoms with van der Waals surface area (Å²) in [6.07, 6.45) is 13.7. The van der Waals surface area contributed by atoms with Gasteiger partial charge in [-0.3, -0.25) is 14.4 Å². The predicted molar refractivity (Wildman–Crippen MR) is 152 cm³/mol. The molecule has 0 spiro atoms. The van der Waals surface area contributed by atoms with Crippen LogP contribution in [0.5, 0.6) is 0 Å². The minimum absolute atomic E-state index is 0.0699. The van der Waals surface area contributed by atoms with Gasteiger partial charge in [0.05, 0.1) is 24.0 Å². The van der Waals surface area contributed by atoms with E-state index in [1.54, 1.807) is 0 Å². The largest absolute Gasteiger partial charge is 0.378 e. The van der Waals surface area contributed by atoms with Crippen LogP contribution in [0, 0.1) is 46.3 Å². The molecule has 1 heterocycles. The first kappa shape index (κ1) is 25.3. The Labute approximate surface area is 237 Å². The van der Waals surface area contributed by atoms with Crippen LogP contribution >= 0.6 is 0 Å². The molecule has 3 amide bonds. The van der Waals surface area contributed by atoms with Gasteiger partial charge in [0.15, 0.2) is 0 Å². The first-order valence-corrected chi connectivity index (χ1v) is 16.0. The first-order chi connectivity index (χ1) is 19.3. The first-order valence-electron chi connectivity index (χ1n) is 16.0. The van der Waals surface area contributed by atoms with Gasteiger partial charge in [0.25, 0.3) is 5.91 Å². The molecule has 214 valence electrons. The van der Waals surface area contributed by atoms with Gasteiger partial charge in [-0.15, -0.1) is 0 Å². The number of rotatable bonds is 5. The van der Waals surface area contributed by atoms with E-state index in [1.165, 1.54) is 38.5 Å². The number of anilines is 2. The van der Waals surface area contributed by atoms with E-state index in [0.29, 0.717) is 78.7 Å². The van der Waals surface area contributed by atoms with Crippen LogP contribution in [0.1, 0.15) is 87.4 Å². The molecule has 10 rings (SSSR count). The van der Waals surface area contributed by atoms with Crippen LogP contribution in [0.15, 0.2) is 18.2 Å². The number of morpholine rings is 1. The minimum Gasteiger partial charge on any atom is -0.378 e. The Morgan fingerprint density at radius 2 is 1.00 bits per heavy atom. The Hall–Kier alpha value is -2.41. The lowest BCUT2D eigenvalue weighted by Crippen LogP contribution is -2.52. The summed E-state index contributed by atoms with van der Waals surface area (Å²) in [7, 11) is 0. The lowest BCUT2D eigenvalue weighted by atomic mass is 9.49. The molecule has 8 saturated carbocycles. The number of carbonyl (C=O) groups is 3. The molecule has 8 bridgehead atoms. The second-order valence-electron chi connectivity index (χ2n) is 15.0. The monoisotopic (exact) mass is 545 g/mol. The lowest BCUT2D eigenvalue weighted by Gasteiger charge is -2.55. The van der Waals surface area contributed by atoms with Crippen molar-refractivity contribution in [1.29, 1.82) is 0 Å². The standard InChI is InChI=1S/C33H43N3O4/c37-29(36-1-3-40-4-2-36)26-11-27(34-30(38)32-14-20-5-21(15-32)7-22(6-20)16-32)13-28(12-26)35-31(39)33-17-23-8-24(18-33)10-25(9-23)19-33/h11-13,20-25H,1-10,14-19H2,(H,34,38)(H,35,39). The zero-order valence-electron chi connectivity index (χ0n) is 23.6. The van der Waals surface area contributed by atoms with Crippen LogP contribution < -0.4 is 10.6 Å². The van der Waals surface area contributed by atoms with E-state index in [2.05, 4.69) is 10.6 Å². The maximum atomic E-state index is 13.9. The van der Waals surface area contributed by atoms with Gasteiger partial charge in [0.2, 0.25) is 11.8 Å². The molecular weight excluding hydrogens is 502 g/mol. The quantitative estimate of drug-likeness (QED) is 0.514. The summed E-state index contributed by atoms with van der Waals surface area (Å²) in [6.45, 7) is 2.17. The van der Waals surface area contributed by atoms with Gasteiger partial charge in [0.1, 0.15) is 0 Å². The molecule has 0 unspecified atom stereocenters. The highest BCUT2D eigenvalue weighted by molar-refractivity contribution is 6.02. The van der Waals surface area contributed by atoms with Gasteiger partial charge in [-0.05, 0) is 131 Å². The molecule has 0 atom stereocenters. The Morgan fingerprint density at radius 1 is 0.625 bits per heavy atom. The summed E-state index contributed by atoms with van der Waals surface area (Å²) < 4.78 is 5.46. The number of benzene rings is 1. The van der Waals surface area contributed by atoms with Crippen LogP contribution in [-0.4, -0.2) is 48.9 Å². The number of amides is 3. The average molecular weight is 546 g/mol. The molecule has 2 N–H and O–H groups in total. The van der Waals surface area contributed by atoms with E-state index in [9.17, 15) is 14.4 Å². The third kappa shape index (κ3) is 4.29. The van der Waals surface area contributed by atoms with Gasteiger partial charge in [-0.25, -0.2) is 0 Å². The molecule has 9 aliphatic rings. The summed E-state index contributed by atoms with van der Waals surface area (Å²) in [4.78, 5) is 43.2. The van der Waals surface area contributed by atoms with E-state index in [1.807, 2.05) is 23.1 Å². The number of hydrogen-bond acceptors (Lipinski definition) is 4. The molecular formula is C33H43N3O4. The van der Waals surface area contributed by atoms with Gasteiger partial charge >= 0.3 is 0 Å². The Bertz CT molecular complexity index is 1090. The smallest absolute Gasteiger partial charge is 0.254 e. The highest BCUT2D eigenvalue weighted by atomic mass is 16.5. The third-order valence-electron chi connectivity index (χ3n) is 12.0. The molecule has 40 heavy (non-hydrogen) atoms. The van der Waals surface area contributed by atoms with Crippen LogP contribution in [0.4, 0.5) is 11.4 Å². The fraction of sp³-hybridized carbons (Fsp3) is 0.727. The predicted octanol–water partition coefficient (Wildman–Crippen LogP) is 5.47. The van der Waals surface area contributed by atoms with Crippen molar-refractivity contribution in [3.8, 4) is 0 Å². The fourth-order valence-electron chi connectivity index (χ4n) is 11.1. The van der Waals surface area contributed by atoms with Crippen LogP contribution in [0.2, 0.25) is 0 Å². The van der Waals surface area contributed by atoms with Gasteiger partial charge in [0, 0.05) is 30.0 Å². The summed E-state index contributed by atoms with van der Waals surface area (Å²) in [5, 5.41) is 6.52. The number of ether oxygens (including phenoxy) is 1. The van der Waals surface area contributed by atoms with E-state index in [4.69, 9.17) is 4.74 Å². The third-order valence-corrected chi connectivity index (χ3v) is 12.0. The summed E-state index contributed by atoms with van der Waals surface area (Å²) >= 11 is 0. The van der Waals surface area contributed by atoms with Crippen LogP contribution in [0.25, 0.3) is 0 Å². The minimum atomic E-state index is -0.276. The van der Waals surface area contributed by atoms with Crippen molar-refractivity contribution in [2.75, 3.05) is 36.9 Å². The van der Waals surface area contributed by atoms with E-state index >= 15 is 0 Å². The molecule has 1 aromatic rings. The Morgan fingerprint density at radius 3 is 1.38 bits per heavy atom. The van der Waals surface area contributed by atoms with Crippen LogP contribution in [0.3, 0.4) is 0 Å². The number of nitrogens with one attached hydrogen (secondary N) is 2. The number of hydrogen-bond donors (Lipinski definition) is 2. The molecule has 1 aromatic carbocycles. The van der Waals surface area contributed by atoms with E-state index in [0.717, 1.165) is 38.5 Å². The molecule has 1 saturated heterocycles. The fourth-order valence-corrected chi connectivity index (χ4v) is 11.1. The summed E-state index contributed by atoms with van der Waals surface area (Å²) in [6, 6.07) is 5.51. The van der Waals surface area contributed by atoms with Gasteiger partial charge < -0.3 is 20.3 Å². The number of carbonyl (C=O) groups excluding carboxylic acids is 3. The van der Waals surface area contributed by atoms with Crippen molar-refractivity contribution in [2.24, 2.45) is 46.3 Å². The second kappa shape index (κ2) is 9.30. The molecule has 7 nitrogen and oxygen atoms in total. The topological polar surface area (TPSA) is 87.7 Å². The summed E-state index contributed by atoms with van der Waals surface area (Å²) in [5.74, 6) is 4.24. The van der Waals surface area contributed by atoms with Crippen molar-refractivity contribution >= 4 is 29.1 Å². The summed E-state index contributed by atoms with van der Waals surface area (Å²) in [5.41, 5.74) is 1.22. The molecule has 0 radical (unpaired) electrons. The number of nitrogens with zero attached hydrogens (tertiary/aromatic N) is 1. The van der Waals surface area contributed by atoms with Crippen molar-refractivity contribution < 1.29 is 19.1 Å². The maximum absolute atomic E-state index is 13.9. The zero-order chi connectivity index (χ0) is 27.1. The van der Waals surface area contributed by atoms with Crippen molar-refractivity contribution in [1.82, 2.24) is 4.90 Å². The SMILES string of the molecule is O=C(c1cc(NC(=O)C23CC4CC(CC(C4)C2)C3)cc(NC(=O)C23CC4CC(CC(C4)C2)C3)c1)N1CCOCC1. The molecule has 0 aromatic heterocycles. The second-order valence-corrected chi connectivity index (χ2v) is 15.0. The molecule has 7 heteroatoms.